The lowest BCUT2D eigenvalue weighted by Crippen LogP contribution is -2.32. The predicted molar refractivity (Wildman–Crippen MR) is 177 cm³/mol. The molecular formula is C39H30F5N3O4. The number of carbonyl (C=O) groups is 1. The van der Waals surface area contributed by atoms with Gasteiger partial charge in [0.25, 0.3) is 5.91 Å². The Morgan fingerprint density at radius 2 is 1.45 bits per heavy atom. The second kappa shape index (κ2) is 14.4. The second-order valence-corrected chi connectivity index (χ2v) is 12.2. The Morgan fingerprint density at radius 1 is 0.765 bits per heavy atom. The van der Waals surface area contributed by atoms with Crippen LogP contribution in [0, 0.1) is 29.1 Å². The Kier molecular flexibility index (Phi) is 9.63. The quantitative estimate of drug-likeness (QED) is 0.0907. The van der Waals surface area contributed by atoms with Crippen molar-refractivity contribution in [2.75, 3.05) is 0 Å². The van der Waals surface area contributed by atoms with Gasteiger partial charge in [0, 0.05) is 18.5 Å². The van der Waals surface area contributed by atoms with Crippen LogP contribution in [0.3, 0.4) is 0 Å². The van der Waals surface area contributed by atoms with E-state index in [2.05, 4.69) is 14.9 Å². The van der Waals surface area contributed by atoms with Crippen molar-refractivity contribution in [1.82, 2.24) is 14.9 Å². The van der Waals surface area contributed by atoms with Crippen LogP contribution >= 0.6 is 0 Å². The average Bonchev–Trinajstić information content (AvgIpc) is 3.58. The van der Waals surface area contributed by atoms with Crippen LogP contribution in [0.15, 0.2) is 103 Å². The van der Waals surface area contributed by atoms with Crippen molar-refractivity contribution >= 4 is 16.9 Å². The van der Waals surface area contributed by atoms with E-state index in [-0.39, 0.29) is 25.4 Å². The highest BCUT2D eigenvalue weighted by atomic mass is 19.2. The van der Waals surface area contributed by atoms with Crippen LogP contribution in [0.5, 0.6) is 0 Å². The molecule has 1 aromatic heterocycles. The summed E-state index contributed by atoms with van der Waals surface area (Å²) in [5.74, 6) is -12.6. The first-order valence-electron chi connectivity index (χ1n) is 16.1. The molecule has 12 heteroatoms. The number of ether oxygens (including phenoxy) is 2. The molecular weight excluding hydrogens is 669 g/mol. The first-order valence-corrected chi connectivity index (χ1v) is 16.1. The number of nitrogens with one attached hydrogen (secondary N) is 1. The van der Waals surface area contributed by atoms with Crippen molar-refractivity contribution in [3.05, 3.63) is 160 Å². The molecule has 0 spiro atoms. The monoisotopic (exact) mass is 699 g/mol. The summed E-state index contributed by atoms with van der Waals surface area (Å²) in [6.45, 7) is 0.260. The van der Waals surface area contributed by atoms with E-state index >= 15 is 0 Å². The zero-order chi connectivity index (χ0) is 35.6. The number of hydrogen-bond donors (Lipinski definition) is 2. The minimum atomic E-state index is -2.33. The molecule has 1 aliphatic heterocycles. The number of aromatic nitrogens is 2. The Balaban J connectivity index is 1.08. The molecule has 0 bridgehead atoms. The summed E-state index contributed by atoms with van der Waals surface area (Å²) >= 11 is 0. The maximum atomic E-state index is 14.1. The second-order valence-electron chi connectivity index (χ2n) is 12.2. The molecule has 1 saturated heterocycles. The molecule has 2 N–H and O–H groups in total. The third kappa shape index (κ3) is 6.98. The molecule has 0 unspecified atom stereocenters. The summed E-state index contributed by atoms with van der Waals surface area (Å²) in [5, 5.41) is 11.8. The van der Waals surface area contributed by atoms with E-state index < -0.39 is 46.8 Å². The highest BCUT2D eigenvalue weighted by Gasteiger charge is 2.33. The lowest BCUT2D eigenvalue weighted by atomic mass is 9.99. The van der Waals surface area contributed by atoms with Gasteiger partial charge in [-0.05, 0) is 46.0 Å². The summed E-state index contributed by atoms with van der Waals surface area (Å²) in [6, 6.07) is 30.0. The van der Waals surface area contributed by atoms with Gasteiger partial charge >= 0.3 is 0 Å². The van der Waals surface area contributed by atoms with E-state index in [1.807, 2.05) is 78.9 Å². The molecule has 1 amide bonds. The standard InChI is InChI=1S/C39H30F5N3O4/c40-33-32(34(41)36(43)37(44)35(33)42)38(49)45-18-23-4-3-5-27(16-23)24-12-14-26(15-13-24)39-50-28(19-47-21-46-29-6-1-2-7-30(29)47)17-31(51-39)25-10-8-22(20-48)9-11-25/h1-16,21,28,31,39,48H,17-20H2,(H,45,49)/t28-,31+,39+/m0/s1. The minimum Gasteiger partial charge on any atom is -0.392 e. The van der Waals surface area contributed by atoms with Crippen molar-refractivity contribution in [1.29, 1.82) is 0 Å². The van der Waals surface area contributed by atoms with Gasteiger partial charge in [-0.1, -0.05) is 78.9 Å². The summed E-state index contributed by atoms with van der Waals surface area (Å²) in [5.41, 5.74) is 4.96. The highest BCUT2D eigenvalue weighted by Crippen LogP contribution is 2.39. The smallest absolute Gasteiger partial charge is 0.257 e. The fourth-order valence-corrected chi connectivity index (χ4v) is 6.18. The number of halogens is 5. The number of fused-ring (bicyclic) bond motifs is 1. The molecule has 7 nitrogen and oxygen atoms in total. The number of amides is 1. The van der Waals surface area contributed by atoms with Gasteiger partial charge in [-0.15, -0.1) is 0 Å². The molecule has 51 heavy (non-hydrogen) atoms. The maximum absolute atomic E-state index is 14.1. The fourth-order valence-electron chi connectivity index (χ4n) is 6.18. The first kappa shape index (κ1) is 34.0. The van der Waals surface area contributed by atoms with Gasteiger partial charge in [0.1, 0.15) is 5.56 Å². The van der Waals surface area contributed by atoms with Crippen molar-refractivity contribution in [3.8, 4) is 11.1 Å². The Morgan fingerprint density at radius 3 is 2.18 bits per heavy atom. The molecule has 0 aliphatic carbocycles. The van der Waals surface area contributed by atoms with Gasteiger partial charge in [-0.2, -0.15) is 0 Å². The minimum absolute atomic E-state index is 0.0594. The molecule has 7 rings (SSSR count). The fraction of sp³-hybridized carbons (Fsp3) is 0.179. The van der Waals surface area contributed by atoms with Crippen LogP contribution in [0.4, 0.5) is 22.0 Å². The summed E-state index contributed by atoms with van der Waals surface area (Å²) < 4.78 is 83.9. The molecule has 6 aromatic rings. The summed E-state index contributed by atoms with van der Waals surface area (Å²) in [7, 11) is 0. The van der Waals surface area contributed by atoms with Crippen LogP contribution < -0.4 is 5.32 Å². The largest absolute Gasteiger partial charge is 0.392 e. The normalized spacial score (nSPS) is 17.5. The molecule has 1 aliphatic rings. The number of hydrogen-bond acceptors (Lipinski definition) is 5. The van der Waals surface area contributed by atoms with Gasteiger partial charge in [0.05, 0.1) is 42.7 Å². The van der Waals surface area contributed by atoms with Crippen LogP contribution in [0.1, 0.15) is 51.4 Å². The first-order chi connectivity index (χ1) is 24.7. The molecule has 260 valence electrons. The van der Waals surface area contributed by atoms with Crippen LogP contribution in [0.2, 0.25) is 0 Å². The van der Waals surface area contributed by atoms with Crippen molar-refractivity contribution in [2.45, 2.75) is 44.6 Å². The molecule has 1 fully saturated rings. The van der Waals surface area contributed by atoms with Crippen molar-refractivity contribution in [3.63, 3.8) is 0 Å². The summed E-state index contributed by atoms with van der Waals surface area (Å²) in [6.07, 6.45) is 1.19. The van der Waals surface area contributed by atoms with Gasteiger partial charge in [0.2, 0.25) is 5.82 Å². The predicted octanol–water partition coefficient (Wildman–Crippen LogP) is 8.07. The van der Waals surface area contributed by atoms with Crippen LogP contribution in [-0.4, -0.2) is 26.7 Å². The van der Waals surface area contributed by atoms with Gasteiger partial charge in [-0.3, -0.25) is 4.79 Å². The zero-order valence-electron chi connectivity index (χ0n) is 26.8. The van der Waals surface area contributed by atoms with E-state index in [0.29, 0.717) is 18.5 Å². The van der Waals surface area contributed by atoms with E-state index in [4.69, 9.17) is 9.47 Å². The lowest BCUT2D eigenvalue weighted by Gasteiger charge is -2.36. The number of aliphatic hydroxyl groups excluding tert-OH is 1. The van der Waals surface area contributed by atoms with Crippen molar-refractivity contribution in [2.24, 2.45) is 0 Å². The SMILES string of the molecule is O=C(NCc1cccc(-c2ccc([C@@H]3O[C@H](Cn4cnc5ccccc54)C[C@H](c4ccc(CO)cc4)O3)cc2)c1)c1c(F)c(F)c(F)c(F)c1F. The van der Waals surface area contributed by atoms with Gasteiger partial charge in [0.15, 0.2) is 29.6 Å². The van der Waals surface area contributed by atoms with Crippen LogP contribution in [-0.2, 0) is 29.2 Å². The van der Waals surface area contributed by atoms with E-state index in [1.165, 1.54) is 0 Å². The Bertz CT molecular complexity index is 2180. The molecule has 0 saturated carbocycles. The third-order valence-electron chi connectivity index (χ3n) is 8.88. The Labute approximate surface area is 288 Å². The van der Waals surface area contributed by atoms with E-state index in [1.54, 1.807) is 24.5 Å². The lowest BCUT2D eigenvalue weighted by molar-refractivity contribution is -0.252. The number of para-hydroxylation sites is 2. The Hall–Kier alpha value is -5.43. The highest BCUT2D eigenvalue weighted by molar-refractivity contribution is 5.94. The van der Waals surface area contributed by atoms with Crippen molar-refractivity contribution < 1.29 is 41.3 Å². The number of benzene rings is 5. The maximum Gasteiger partial charge on any atom is 0.257 e. The topological polar surface area (TPSA) is 85.6 Å². The average molecular weight is 700 g/mol. The van der Waals surface area contributed by atoms with Gasteiger partial charge in [-0.25, -0.2) is 26.9 Å². The number of nitrogens with zero attached hydrogens (tertiary/aromatic N) is 2. The number of carbonyl (C=O) groups excluding carboxylic acids is 1. The number of rotatable bonds is 9. The number of imidazole rings is 1. The molecule has 3 atom stereocenters. The van der Waals surface area contributed by atoms with E-state index in [0.717, 1.165) is 38.9 Å². The molecule has 2 heterocycles. The molecule has 5 aromatic carbocycles. The third-order valence-corrected chi connectivity index (χ3v) is 8.88. The van der Waals surface area contributed by atoms with Crippen LogP contribution in [0.25, 0.3) is 22.2 Å². The van der Waals surface area contributed by atoms with E-state index in [9.17, 15) is 31.9 Å². The summed E-state index contributed by atoms with van der Waals surface area (Å²) in [4.78, 5) is 17.0. The zero-order valence-corrected chi connectivity index (χ0v) is 26.8. The van der Waals surface area contributed by atoms with Gasteiger partial charge < -0.3 is 24.5 Å². The molecule has 0 radical (unpaired) electrons. The number of aliphatic hydroxyl groups is 1.